The van der Waals surface area contributed by atoms with E-state index >= 15 is 0 Å². The number of hydrogen-bond acceptors (Lipinski definition) is 2. The number of rotatable bonds is 6. The second-order valence-corrected chi connectivity index (χ2v) is 3.49. The Balaban J connectivity index is 2.38. The molecule has 0 aliphatic heterocycles. The summed E-state index contributed by atoms with van der Waals surface area (Å²) in [7, 11) is 1.61. The number of amides is 1. The maximum absolute atomic E-state index is 13.2. The van der Waals surface area contributed by atoms with Gasteiger partial charge in [-0.1, -0.05) is 18.2 Å². The topological polar surface area (TPSA) is 38.3 Å². The SMILES string of the molecule is COCCCNC(=O)/C=C/c1ccccc1F. The van der Waals surface area contributed by atoms with Crippen LogP contribution in [0.15, 0.2) is 30.3 Å². The molecule has 0 bridgehead atoms. The van der Waals surface area contributed by atoms with E-state index in [1.165, 1.54) is 18.2 Å². The van der Waals surface area contributed by atoms with E-state index in [9.17, 15) is 9.18 Å². The molecule has 0 spiro atoms. The maximum atomic E-state index is 13.2. The largest absolute Gasteiger partial charge is 0.385 e. The molecule has 0 fully saturated rings. The Kier molecular flexibility index (Phi) is 5.96. The summed E-state index contributed by atoms with van der Waals surface area (Å²) in [5, 5.41) is 2.68. The normalized spacial score (nSPS) is 10.7. The number of hydrogen-bond donors (Lipinski definition) is 1. The fraction of sp³-hybridized carbons (Fsp3) is 0.308. The van der Waals surface area contributed by atoms with Crippen molar-refractivity contribution in [2.45, 2.75) is 6.42 Å². The molecule has 1 amide bonds. The minimum absolute atomic E-state index is 0.232. The zero-order valence-electron chi connectivity index (χ0n) is 9.78. The van der Waals surface area contributed by atoms with Crippen molar-refractivity contribution in [1.82, 2.24) is 5.32 Å². The first-order valence-electron chi connectivity index (χ1n) is 5.43. The smallest absolute Gasteiger partial charge is 0.244 e. The Morgan fingerprint density at radius 3 is 2.94 bits per heavy atom. The van der Waals surface area contributed by atoms with E-state index in [0.29, 0.717) is 18.7 Å². The molecule has 0 radical (unpaired) electrons. The van der Waals surface area contributed by atoms with Crippen LogP contribution >= 0.6 is 0 Å². The number of halogens is 1. The number of carbonyl (C=O) groups is 1. The van der Waals surface area contributed by atoms with E-state index in [1.54, 1.807) is 25.3 Å². The fourth-order valence-corrected chi connectivity index (χ4v) is 1.26. The van der Waals surface area contributed by atoms with Gasteiger partial charge >= 0.3 is 0 Å². The quantitative estimate of drug-likeness (QED) is 0.607. The molecule has 1 aromatic rings. The minimum Gasteiger partial charge on any atom is -0.385 e. The van der Waals surface area contributed by atoms with Gasteiger partial charge in [0.25, 0.3) is 0 Å². The Morgan fingerprint density at radius 2 is 2.24 bits per heavy atom. The maximum Gasteiger partial charge on any atom is 0.244 e. The standard InChI is InChI=1S/C13H16FNO2/c1-17-10-4-9-15-13(16)8-7-11-5-2-3-6-12(11)14/h2-3,5-8H,4,9-10H2,1H3,(H,15,16)/b8-7+. The van der Waals surface area contributed by atoms with Gasteiger partial charge in [0.1, 0.15) is 5.82 Å². The van der Waals surface area contributed by atoms with Gasteiger partial charge in [-0.05, 0) is 18.6 Å². The van der Waals surface area contributed by atoms with Crippen LogP contribution in [0, 0.1) is 5.82 Å². The lowest BCUT2D eigenvalue weighted by Gasteiger charge is -2.01. The van der Waals surface area contributed by atoms with Crippen molar-refractivity contribution in [1.29, 1.82) is 0 Å². The lowest BCUT2D eigenvalue weighted by Crippen LogP contribution is -2.22. The van der Waals surface area contributed by atoms with Crippen LogP contribution in [0.2, 0.25) is 0 Å². The van der Waals surface area contributed by atoms with Crippen molar-refractivity contribution in [3.05, 3.63) is 41.7 Å². The highest BCUT2D eigenvalue weighted by Gasteiger charge is 1.97. The molecular weight excluding hydrogens is 221 g/mol. The van der Waals surface area contributed by atoms with Gasteiger partial charge < -0.3 is 10.1 Å². The van der Waals surface area contributed by atoms with Crippen LogP contribution in [0.5, 0.6) is 0 Å². The van der Waals surface area contributed by atoms with Gasteiger partial charge in [0, 0.05) is 31.9 Å². The first-order valence-corrected chi connectivity index (χ1v) is 5.43. The molecule has 1 aromatic carbocycles. The van der Waals surface area contributed by atoms with Gasteiger partial charge in [-0.15, -0.1) is 0 Å². The molecule has 0 saturated heterocycles. The van der Waals surface area contributed by atoms with E-state index < -0.39 is 0 Å². The molecule has 0 aromatic heterocycles. The molecule has 0 unspecified atom stereocenters. The number of nitrogens with one attached hydrogen (secondary N) is 1. The number of ether oxygens (including phenoxy) is 1. The third-order valence-corrected chi connectivity index (χ3v) is 2.14. The highest BCUT2D eigenvalue weighted by atomic mass is 19.1. The third kappa shape index (κ3) is 5.26. The van der Waals surface area contributed by atoms with E-state index in [4.69, 9.17) is 4.74 Å². The summed E-state index contributed by atoms with van der Waals surface area (Å²) in [6, 6.07) is 6.30. The van der Waals surface area contributed by atoms with Gasteiger partial charge in [-0.3, -0.25) is 4.79 Å². The van der Waals surface area contributed by atoms with Crippen LogP contribution in [0.3, 0.4) is 0 Å². The number of benzene rings is 1. The van der Waals surface area contributed by atoms with Crippen molar-refractivity contribution < 1.29 is 13.9 Å². The second-order valence-electron chi connectivity index (χ2n) is 3.49. The zero-order chi connectivity index (χ0) is 12.5. The van der Waals surface area contributed by atoms with E-state index in [2.05, 4.69) is 5.32 Å². The molecular formula is C13H16FNO2. The van der Waals surface area contributed by atoms with Gasteiger partial charge in [0.05, 0.1) is 0 Å². The first kappa shape index (κ1) is 13.4. The number of methoxy groups -OCH3 is 1. The van der Waals surface area contributed by atoms with Crippen LogP contribution in [-0.2, 0) is 9.53 Å². The average Bonchev–Trinajstić information content (AvgIpc) is 2.34. The van der Waals surface area contributed by atoms with Crippen LogP contribution in [0.4, 0.5) is 4.39 Å². The van der Waals surface area contributed by atoms with E-state index in [-0.39, 0.29) is 11.7 Å². The van der Waals surface area contributed by atoms with Crippen molar-refractivity contribution in [2.24, 2.45) is 0 Å². The molecule has 17 heavy (non-hydrogen) atoms. The molecule has 0 aliphatic rings. The molecule has 0 saturated carbocycles. The molecule has 1 rings (SSSR count). The second kappa shape index (κ2) is 7.57. The summed E-state index contributed by atoms with van der Waals surface area (Å²) < 4.78 is 18.0. The predicted molar refractivity (Wildman–Crippen MR) is 64.9 cm³/mol. The van der Waals surface area contributed by atoms with Gasteiger partial charge in [-0.25, -0.2) is 4.39 Å². The molecule has 3 nitrogen and oxygen atoms in total. The average molecular weight is 237 g/mol. The Morgan fingerprint density at radius 1 is 1.47 bits per heavy atom. The molecule has 4 heteroatoms. The molecule has 0 aliphatic carbocycles. The fourth-order valence-electron chi connectivity index (χ4n) is 1.26. The summed E-state index contributed by atoms with van der Waals surface area (Å²) in [6.45, 7) is 1.16. The van der Waals surface area contributed by atoms with Crippen LogP contribution < -0.4 is 5.32 Å². The summed E-state index contributed by atoms with van der Waals surface area (Å²) >= 11 is 0. The third-order valence-electron chi connectivity index (χ3n) is 2.14. The lowest BCUT2D eigenvalue weighted by molar-refractivity contribution is -0.116. The van der Waals surface area contributed by atoms with Crippen LogP contribution in [0.25, 0.3) is 6.08 Å². The number of carbonyl (C=O) groups excluding carboxylic acids is 1. The molecule has 1 N–H and O–H groups in total. The summed E-state index contributed by atoms with van der Waals surface area (Å²) in [6.07, 6.45) is 3.54. The van der Waals surface area contributed by atoms with Crippen molar-refractivity contribution in [3.8, 4) is 0 Å². The monoisotopic (exact) mass is 237 g/mol. The Bertz CT molecular complexity index is 391. The van der Waals surface area contributed by atoms with Crippen molar-refractivity contribution >= 4 is 12.0 Å². The molecule has 0 heterocycles. The summed E-state index contributed by atoms with van der Waals surface area (Å²) in [5.74, 6) is -0.569. The van der Waals surface area contributed by atoms with Crippen LogP contribution in [-0.4, -0.2) is 26.2 Å². The Hall–Kier alpha value is -1.68. The van der Waals surface area contributed by atoms with E-state index in [0.717, 1.165) is 6.42 Å². The molecule has 0 atom stereocenters. The zero-order valence-corrected chi connectivity index (χ0v) is 9.78. The first-order chi connectivity index (χ1) is 8.24. The molecule has 92 valence electrons. The van der Waals surface area contributed by atoms with Gasteiger partial charge in [-0.2, -0.15) is 0 Å². The highest BCUT2D eigenvalue weighted by Crippen LogP contribution is 2.07. The lowest BCUT2D eigenvalue weighted by atomic mass is 10.2. The van der Waals surface area contributed by atoms with Gasteiger partial charge in [0.2, 0.25) is 5.91 Å². The summed E-state index contributed by atoms with van der Waals surface area (Å²) in [4.78, 5) is 11.3. The highest BCUT2D eigenvalue weighted by molar-refractivity contribution is 5.91. The Labute approximate surface area is 100 Å². The predicted octanol–water partition coefficient (Wildman–Crippen LogP) is 1.99. The van der Waals surface area contributed by atoms with Gasteiger partial charge in [0.15, 0.2) is 0 Å². The van der Waals surface area contributed by atoms with Crippen molar-refractivity contribution in [3.63, 3.8) is 0 Å². The van der Waals surface area contributed by atoms with Crippen LogP contribution in [0.1, 0.15) is 12.0 Å². The van der Waals surface area contributed by atoms with Crippen molar-refractivity contribution in [2.75, 3.05) is 20.3 Å². The van der Waals surface area contributed by atoms with E-state index in [1.807, 2.05) is 0 Å². The minimum atomic E-state index is -0.337. The summed E-state index contributed by atoms with van der Waals surface area (Å²) in [5.41, 5.74) is 0.402.